The van der Waals surface area contributed by atoms with Crippen molar-refractivity contribution in [1.29, 1.82) is 0 Å². The molecule has 74 valence electrons. The molecule has 0 saturated carbocycles. The van der Waals surface area contributed by atoms with E-state index in [0.29, 0.717) is 5.92 Å². The minimum absolute atomic E-state index is 0.0287. The van der Waals surface area contributed by atoms with Crippen molar-refractivity contribution >= 4 is 5.78 Å². The van der Waals surface area contributed by atoms with Gasteiger partial charge in [0.25, 0.3) is 0 Å². The molecule has 3 heteroatoms. The third-order valence-electron chi connectivity index (χ3n) is 2.62. The van der Waals surface area contributed by atoms with E-state index in [1.807, 2.05) is 0 Å². The molecule has 1 rings (SSSR count). The zero-order valence-electron chi connectivity index (χ0n) is 8.45. The molecule has 1 N–H and O–H groups in total. The fraction of sp³-hybridized carbons (Fsp3) is 0.700. The molecule has 0 fully saturated rings. The van der Waals surface area contributed by atoms with Gasteiger partial charge >= 0.3 is 0 Å². The Morgan fingerprint density at radius 1 is 1.69 bits per heavy atom. The number of carbonyl (C=O) groups is 1. The number of aliphatic hydroxyl groups excluding tert-OH is 1. The summed E-state index contributed by atoms with van der Waals surface area (Å²) in [5, 5.41) is 9.32. The van der Waals surface area contributed by atoms with E-state index in [4.69, 9.17) is 0 Å². The summed E-state index contributed by atoms with van der Waals surface area (Å²) >= 11 is 0. The highest BCUT2D eigenvalue weighted by Crippen LogP contribution is 2.24. The molecule has 0 saturated heterocycles. The van der Waals surface area contributed by atoms with E-state index in [2.05, 4.69) is 13.8 Å². The van der Waals surface area contributed by atoms with Crippen LogP contribution in [0.5, 0.6) is 0 Å². The van der Waals surface area contributed by atoms with Crippen LogP contribution in [0.15, 0.2) is 12.0 Å². The first kappa shape index (κ1) is 10.1. The number of nitrogens with zero attached hydrogens (tertiary/aromatic N) is 1. The summed E-state index contributed by atoms with van der Waals surface area (Å²) in [6.45, 7) is 4.15. The van der Waals surface area contributed by atoms with E-state index in [9.17, 15) is 9.90 Å². The molecule has 0 spiro atoms. The van der Waals surface area contributed by atoms with Crippen molar-refractivity contribution in [1.82, 2.24) is 4.90 Å². The Hall–Kier alpha value is -0.990. The van der Waals surface area contributed by atoms with Gasteiger partial charge in [-0.05, 0) is 12.3 Å². The van der Waals surface area contributed by atoms with Crippen LogP contribution in [0.4, 0.5) is 0 Å². The van der Waals surface area contributed by atoms with Crippen LogP contribution >= 0.6 is 0 Å². The van der Waals surface area contributed by atoms with Crippen molar-refractivity contribution in [2.75, 3.05) is 7.05 Å². The van der Waals surface area contributed by atoms with Crippen LogP contribution in [-0.4, -0.2) is 28.9 Å². The first-order valence-corrected chi connectivity index (χ1v) is 4.75. The minimum atomic E-state index is -0.153. The molecular weight excluding hydrogens is 166 g/mol. The van der Waals surface area contributed by atoms with Gasteiger partial charge in [0.15, 0.2) is 11.7 Å². The van der Waals surface area contributed by atoms with Crippen LogP contribution < -0.4 is 0 Å². The Balaban J connectivity index is 2.67. The molecule has 2 unspecified atom stereocenters. The lowest BCUT2D eigenvalue weighted by molar-refractivity contribution is -0.118. The molecular formula is C10H17NO2. The van der Waals surface area contributed by atoms with E-state index in [0.717, 1.165) is 12.8 Å². The second kappa shape index (κ2) is 3.81. The lowest BCUT2D eigenvalue weighted by Crippen LogP contribution is -2.36. The fourth-order valence-electron chi connectivity index (χ4n) is 1.92. The minimum Gasteiger partial charge on any atom is -0.495 e. The average molecular weight is 183 g/mol. The summed E-state index contributed by atoms with van der Waals surface area (Å²) in [5.41, 5.74) is 0. The Bertz CT molecular complexity index is 235. The molecule has 13 heavy (non-hydrogen) atoms. The largest absolute Gasteiger partial charge is 0.495 e. The summed E-state index contributed by atoms with van der Waals surface area (Å²) in [6.07, 6.45) is 3.40. The first-order valence-electron chi connectivity index (χ1n) is 4.75. The van der Waals surface area contributed by atoms with Gasteiger partial charge in [0.2, 0.25) is 0 Å². The molecule has 1 aliphatic rings. The van der Waals surface area contributed by atoms with Gasteiger partial charge in [-0.2, -0.15) is 0 Å². The zero-order valence-corrected chi connectivity index (χ0v) is 8.45. The Morgan fingerprint density at radius 2 is 2.31 bits per heavy atom. The lowest BCUT2D eigenvalue weighted by atomic mass is 9.94. The molecule has 0 bridgehead atoms. The number of likely N-dealkylation sites (N-methyl/N-ethyl adjacent to an activating group) is 1. The number of hydrogen-bond acceptors (Lipinski definition) is 3. The van der Waals surface area contributed by atoms with Crippen molar-refractivity contribution in [2.24, 2.45) is 5.92 Å². The van der Waals surface area contributed by atoms with Crippen molar-refractivity contribution in [2.45, 2.75) is 32.7 Å². The van der Waals surface area contributed by atoms with Gasteiger partial charge in [-0.1, -0.05) is 20.3 Å². The molecule has 2 atom stereocenters. The number of hydrogen-bond donors (Lipinski definition) is 1. The summed E-state index contributed by atoms with van der Waals surface area (Å²) in [7, 11) is 1.76. The predicted octanol–water partition coefficient (Wildman–Crippen LogP) is 1.71. The van der Waals surface area contributed by atoms with E-state index < -0.39 is 0 Å². The molecule has 0 aliphatic carbocycles. The highest BCUT2D eigenvalue weighted by Gasteiger charge is 2.33. The molecule has 0 aromatic heterocycles. The summed E-state index contributed by atoms with van der Waals surface area (Å²) in [5.74, 6) is 0.433. The maximum absolute atomic E-state index is 11.4. The number of carbonyl (C=O) groups excluding carboxylic acids is 1. The summed E-state index contributed by atoms with van der Waals surface area (Å²) in [6, 6.07) is -0.153. The highest BCUT2D eigenvalue weighted by atomic mass is 16.3. The smallest absolute Gasteiger partial charge is 0.190 e. The van der Waals surface area contributed by atoms with E-state index in [-0.39, 0.29) is 17.7 Å². The number of aliphatic hydroxyl groups is 1. The van der Waals surface area contributed by atoms with E-state index in [1.165, 1.54) is 6.08 Å². The fourth-order valence-corrected chi connectivity index (χ4v) is 1.92. The molecule has 0 aromatic carbocycles. The second-order valence-electron chi connectivity index (χ2n) is 3.73. The Kier molecular flexibility index (Phi) is 2.96. The normalized spacial score (nSPS) is 24.8. The summed E-state index contributed by atoms with van der Waals surface area (Å²) in [4.78, 5) is 13.1. The van der Waals surface area contributed by atoms with Gasteiger partial charge in [-0.15, -0.1) is 0 Å². The Labute approximate surface area is 79.0 Å². The van der Waals surface area contributed by atoms with Gasteiger partial charge in [-0.3, -0.25) is 4.79 Å². The zero-order chi connectivity index (χ0) is 10.0. The van der Waals surface area contributed by atoms with Gasteiger partial charge in [-0.25, -0.2) is 0 Å². The molecule has 0 radical (unpaired) electrons. The van der Waals surface area contributed by atoms with Crippen LogP contribution in [0.25, 0.3) is 0 Å². The topological polar surface area (TPSA) is 40.5 Å². The van der Waals surface area contributed by atoms with Crippen LogP contribution in [0.2, 0.25) is 0 Å². The van der Waals surface area contributed by atoms with Crippen LogP contribution in [-0.2, 0) is 4.79 Å². The van der Waals surface area contributed by atoms with Crippen molar-refractivity contribution in [3.8, 4) is 0 Å². The third-order valence-corrected chi connectivity index (χ3v) is 2.62. The van der Waals surface area contributed by atoms with Gasteiger partial charge in [0.05, 0.1) is 6.04 Å². The highest BCUT2D eigenvalue weighted by molar-refractivity contribution is 5.97. The monoisotopic (exact) mass is 183 g/mol. The van der Waals surface area contributed by atoms with Crippen molar-refractivity contribution < 1.29 is 9.90 Å². The third kappa shape index (κ3) is 1.85. The van der Waals surface area contributed by atoms with Gasteiger partial charge in [0.1, 0.15) is 0 Å². The van der Waals surface area contributed by atoms with Crippen molar-refractivity contribution in [3.05, 3.63) is 12.0 Å². The van der Waals surface area contributed by atoms with Crippen LogP contribution in [0, 0.1) is 5.92 Å². The van der Waals surface area contributed by atoms with Gasteiger partial charge < -0.3 is 10.0 Å². The predicted molar refractivity (Wildman–Crippen MR) is 51.3 cm³/mol. The second-order valence-corrected chi connectivity index (χ2v) is 3.73. The molecule has 0 aromatic rings. The number of rotatable bonds is 3. The lowest BCUT2D eigenvalue weighted by Gasteiger charge is -2.26. The maximum atomic E-state index is 11.4. The van der Waals surface area contributed by atoms with Crippen LogP contribution in [0.3, 0.4) is 0 Å². The van der Waals surface area contributed by atoms with E-state index in [1.54, 1.807) is 11.9 Å². The molecule has 0 amide bonds. The summed E-state index contributed by atoms with van der Waals surface area (Å²) < 4.78 is 0. The average Bonchev–Trinajstić information content (AvgIpc) is 2.27. The maximum Gasteiger partial charge on any atom is 0.190 e. The van der Waals surface area contributed by atoms with Gasteiger partial charge in [0, 0.05) is 13.1 Å². The van der Waals surface area contributed by atoms with Crippen LogP contribution in [0.1, 0.15) is 26.7 Å². The first-order chi connectivity index (χ1) is 6.07. The van der Waals surface area contributed by atoms with E-state index >= 15 is 0 Å². The Morgan fingerprint density at radius 3 is 2.69 bits per heavy atom. The van der Waals surface area contributed by atoms with Crippen molar-refractivity contribution in [3.63, 3.8) is 0 Å². The molecule has 1 aliphatic heterocycles. The SMILES string of the molecule is CCCC(C)C1C(=O)C=C(O)N1C. The molecule has 3 nitrogen and oxygen atoms in total. The number of ketones is 1. The molecule has 1 heterocycles. The standard InChI is InChI=1S/C10H17NO2/c1-4-5-7(2)10-8(12)6-9(13)11(10)3/h6-7,10,13H,4-5H2,1-3H3. The quantitative estimate of drug-likeness (QED) is 0.724.